The second-order valence-corrected chi connectivity index (χ2v) is 7.18. The van der Waals surface area contributed by atoms with Gasteiger partial charge in [-0.2, -0.15) is 0 Å². The second-order valence-electron chi connectivity index (χ2n) is 6.78. The summed E-state index contributed by atoms with van der Waals surface area (Å²) in [4.78, 5) is 16.4. The van der Waals surface area contributed by atoms with Gasteiger partial charge >= 0.3 is 0 Å². The van der Waals surface area contributed by atoms with Crippen molar-refractivity contribution in [2.75, 3.05) is 13.2 Å². The van der Waals surface area contributed by atoms with E-state index in [2.05, 4.69) is 16.0 Å². The summed E-state index contributed by atoms with van der Waals surface area (Å²) >= 11 is 6.07. The van der Waals surface area contributed by atoms with Crippen LogP contribution in [0.1, 0.15) is 31.2 Å². The Hall–Kier alpha value is -2.53. The Morgan fingerprint density at radius 1 is 1.25 bits per heavy atom. The van der Waals surface area contributed by atoms with E-state index < -0.39 is 0 Å². The molecule has 1 amide bonds. The van der Waals surface area contributed by atoms with Crippen molar-refractivity contribution in [1.82, 2.24) is 14.9 Å². The third-order valence-corrected chi connectivity index (χ3v) is 5.02. The van der Waals surface area contributed by atoms with Crippen LogP contribution in [0.5, 0.6) is 5.75 Å². The highest BCUT2D eigenvalue weighted by atomic mass is 35.5. The molecule has 0 saturated heterocycles. The van der Waals surface area contributed by atoms with E-state index in [1.807, 2.05) is 50.2 Å². The van der Waals surface area contributed by atoms with E-state index in [1.165, 1.54) is 0 Å². The molecule has 0 aliphatic rings. The van der Waals surface area contributed by atoms with Crippen molar-refractivity contribution in [3.8, 4) is 5.75 Å². The normalized spacial score (nSPS) is 11.0. The highest BCUT2D eigenvalue weighted by molar-refractivity contribution is 6.31. The summed E-state index contributed by atoms with van der Waals surface area (Å²) < 4.78 is 8.09. The van der Waals surface area contributed by atoms with Crippen LogP contribution < -0.4 is 10.1 Å². The summed E-state index contributed by atoms with van der Waals surface area (Å²) in [7, 11) is 0. The summed E-state index contributed by atoms with van der Waals surface area (Å²) in [6, 6.07) is 13.7. The van der Waals surface area contributed by atoms with Gasteiger partial charge in [-0.05, 0) is 49.2 Å². The fourth-order valence-corrected chi connectivity index (χ4v) is 3.27. The van der Waals surface area contributed by atoms with Crippen LogP contribution in [0.15, 0.2) is 42.5 Å². The van der Waals surface area contributed by atoms with Crippen LogP contribution in [-0.4, -0.2) is 28.6 Å². The lowest BCUT2D eigenvalue weighted by atomic mass is 10.2. The molecule has 1 aromatic heterocycles. The highest BCUT2D eigenvalue weighted by Crippen LogP contribution is 2.21. The minimum Gasteiger partial charge on any atom is -0.492 e. The van der Waals surface area contributed by atoms with Gasteiger partial charge in [0, 0.05) is 24.4 Å². The lowest BCUT2D eigenvalue weighted by Gasteiger charge is -2.12. The number of nitrogens with one attached hydrogen (secondary N) is 1. The molecule has 0 bridgehead atoms. The molecule has 5 nitrogen and oxygen atoms in total. The molecular weight excluding hydrogens is 374 g/mol. The Morgan fingerprint density at radius 3 is 2.86 bits per heavy atom. The molecule has 3 aromatic rings. The molecular formula is C22H26ClN3O2. The van der Waals surface area contributed by atoms with Gasteiger partial charge in [0.05, 0.1) is 17.6 Å². The number of fused-ring (bicyclic) bond motifs is 1. The molecule has 0 atom stereocenters. The minimum absolute atomic E-state index is 0.0894. The molecule has 0 fully saturated rings. The average Bonchev–Trinajstić information content (AvgIpc) is 3.02. The summed E-state index contributed by atoms with van der Waals surface area (Å²) in [6.07, 6.45) is 2.10. The topological polar surface area (TPSA) is 56.2 Å². The van der Waals surface area contributed by atoms with E-state index in [1.54, 1.807) is 0 Å². The monoisotopic (exact) mass is 399 g/mol. The number of aryl methyl sites for hydroxylation is 1. The fourth-order valence-electron chi connectivity index (χ4n) is 3.16. The van der Waals surface area contributed by atoms with Crippen molar-refractivity contribution >= 4 is 28.5 Å². The number of hydrogen-bond acceptors (Lipinski definition) is 3. The van der Waals surface area contributed by atoms with E-state index in [0.29, 0.717) is 32.5 Å². The first kappa shape index (κ1) is 20.2. The Balaban J connectivity index is 1.67. The molecule has 3 rings (SSSR count). The maximum Gasteiger partial charge on any atom is 0.219 e. The lowest BCUT2D eigenvalue weighted by Crippen LogP contribution is -2.26. The molecule has 0 radical (unpaired) electrons. The minimum atomic E-state index is 0.0894. The molecule has 28 heavy (non-hydrogen) atoms. The van der Waals surface area contributed by atoms with Crippen molar-refractivity contribution in [2.24, 2.45) is 0 Å². The van der Waals surface area contributed by atoms with Gasteiger partial charge in [-0.3, -0.25) is 4.79 Å². The number of nitrogens with zero attached hydrogens (tertiary/aromatic N) is 2. The van der Waals surface area contributed by atoms with Crippen LogP contribution in [0, 0.1) is 6.92 Å². The number of hydrogen-bond donors (Lipinski definition) is 1. The molecule has 6 heteroatoms. The number of benzene rings is 2. The molecule has 148 valence electrons. The van der Waals surface area contributed by atoms with Gasteiger partial charge < -0.3 is 14.6 Å². The van der Waals surface area contributed by atoms with Crippen LogP contribution in [0.3, 0.4) is 0 Å². The molecule has 0 unspecified atom stereocenters. The van der Waals surface area contributed by atoms with Crippen LogP contribution in [0.2, 0.25) is 5.02 Å². The van der Waals surface area contributed by atoms with E-state index in [9.17, 15) is 4.79 Å². The second kappa shape index (κ2) is 9.60. The summed E-state index contributed by atoms with van der Waals surface area (Å²) in [5, 5.41) is 3.70. The number of aromatic nitrogens is 2. The summed E-state index contributed by atoms with van der Waals surface area (Å²) in [6.45, 7) is 5.75. The Bertz CT molecular complexity index is 952. The van der Waals surface area contributed by atoms with Crippen LogP contribution in [0.25, 0.3) is 11.0 Å². The van der Waals surface area contributed by atoms with Crippen molar-refractivity contribution in [1.29, 1.82) is 0 Å². The third-order valence-electron chi connectivity index (χ3n) is 4.59. The average molecular weight is 400 g/mol. The molecule has 1 N–H and O–H groups in total. The quantitative estimate of drug-likeness (QED) is 0.574. The van der Waals surface area contributed by atoms with Gasteiger partial charge in [0.25, 0.3) is 0 Å². The van der Waals surface area contributed by atoms with Gasteiger partial charge in [0.15, 0.2) is 0 Å². The zero-order valence-electron chi connectivity index (χ0n) is 16.4. The number of ether oxygens (including phenoxy) is 1. The number of halogens is 1. The highest BCUT2D eigenvalue weighted by Gasteiger charge is 2.11. The fraction of sp³-hybridized carbons (Fsp3) is 0.364. The maximum atomic E-state index is 11.7. The van der Waals surface area contributed by atoms with Crippen LogP contribution in [-0.2, 0) is 17.8 Å². The number of carbonyl (C=O) groups is 1. The predicted octanol–water partition coefficient (Wildman–Crippen LogP) is 4.54. The molecule has 0 saturated carbocycles. The first-order valence-corrected chi connectivity index (χ1v) is 10.1. The molecule has 0 aliphatic heterocycles. The molecule has 0 aliphatic carbocycles. The Morgan fingerprint density at radius 2 is 2.07 bits per heavy atom. The third kappa shape index (κ3) is 5.04. The number of carbonyl (C=O) groups excluding carboxylic acids is 1. The zero-order chi connectivity index (χ0) is 19.9. The number of amides is 1. The zero-order valence-corrected chi connectivity index (χ0v) is 17.1. The van der Waals surface area contributed by atoms with Gasteiger partial charge in [-0.15, -0.1) is 0 Å². The van der Waals surface area contributed by atoms with Gasteiger partial charge in [0.2, 0.25) is 5.91 Å². The summed E-state index contributed by atoms with van der Waals surface area (Å²) in [5.74, 6) is 1.85. The molecule has 2 aromatic carbocycles. The van der Waals surface area contributed by atoms with E-state index >= 15 is 0 Å². The van der Waals surface area contributed by atoms with Crippen LogP contribution >= 0.6 is 11.6 Å². The maximum absolute atomic E-state index is 11.7. The van der Waals surface area contributed by atoms with Gasteiger partial charge in [0.1, 0.15) is 18.2 Å². The van der Waals surface area contributed by atoms with Gasteiger partial charge in [-0.1, -0.05) is 30.7 Å². The first-order valence-electron chi connectivity index (χ1n) is 9.68. The Kier molecular flexibility index (Phi) is 6.93. The van der Waals surface area contributed by atoms with E-state index in [0.717, 1.165) is 39.6 Å². The molecule has 1 heterocycles. The lowest BCUT2D eigenvalue weighted by molar-refractivity contribution is -0.121. The number of para-hydroxylation sites is 2. The van der Waals surface area contributed by atoms with Crippen molar-refractivity contribution in [3.63, 3.8) is 0 Å². The number of rotatable bonds is 9. The Labute approximate surface area is 170 Å². The first-order chi connectivity index (χ1) is 13.6. The van der Waals surface area contributed by atoms with Crippen molar-refractivity contribution < 1.29 is 9.53 Å². The SMILES string of the molecule is CCCC(=O)NCCc1nc2ccccc2n1CCOc1ccc(Cl)c(C)c1. The van der Waals surface area contributed by atoms with Crippen molar-refractivity contribution in [2.45, 2.75) is 39.7 Å². The standard InChI is InChI=1S/C22H26ClN3O2/c1-3-6-22(27)24-12-11-21-25-19-7-4-5-8-20(19)26(21)13-14-28-17-9-10-18(23)16(2)15-17/h4-5,7-10,15H,3,6,11-14H2,1-2H3,(H,24,27). The predicted molar refractivity (Wildman–Crippen MR) is 113 cm³/mol. The largest absolute Gasteiger partial charge is 0.492 e. The van der Waals surface area contributed by atoms with Gasteiger partial charge in [-0.25, -0.2) is 4.98 Å². The molecule has 0 spiro atoms. The van der Waals surface area contributed by atoms with Crippen LogP contribution in [0.4, 0.5) is 0 Å². The number of imidazole rings is 1. The van der Waals surface area contributed by atoms with Crippen molar-refractivity contribution in [3.05, 3.63) is 58.9 Å². The van der Waals surface area contributed by atoms with E-state index in [-0.39, 0.29) is 5.91 Å². The summed E-state index contributed by atoms with van der Waals surface area (Å²) in [5.41, 5.74) is 3.03. The van der Waals surface area contributed by atoms with E-state index in [4.69, 9.17) is 21.3 Å². The smallest absolute Gasteiger partial charge is 0.219 e.